The topological polar surface area (TPSA) is 84.9 Å². The molecule has 0 saturated carbocycles. The van der Waals surface area contributed by atoms with Gasteiger partial charge in [-0.25, -0.2) is 0 Å². The van der Waals surface area contributed by atoms with Crippen LogP contribution in [0.25, 0.3) is 0 Å². The van der Waals surface area contributed by atoms with E-state index in [-0.39, 0.29) is 0 Å². The lowest BCUT2D eigenvalue weighted by Crippen LogP contribution is -2.60. The van der Waals surface area contributed by atoms with Crippen molar-refractivity contribution in [1.82, 2.24) is 0 Å². The summed E-state index contributed by atoms with van der Waals surface area (Å²) in [5, 5.41) is 18.7. The van der Waals surface area contributed by atoms with Crippen molar-refractivity contribution in [3.05, 3.63) is 0 Å². The van der Waals surface area contributed by atoms with Gasteiger partial charge in [-0.2, -0.15) is 0 Å². The van der Waals surface area contributed by atoms with Crippen LogP contribution >= 0.6 is 0 Å². The number of ether oxygens (including phenoxy) is 2. The van der Waals surface area contributed by atoms with E-state index in [0.29, 0.717) is 0 Å². The fraction of sp³-hybridized carbons (Fsp3) is 1.00. The molecule has 1 fully saturated rings. The lowest BCUT2D eigenvalue weighted by molar-refractivity contribution is -0.241. The second-order valence-corrected chi connectivity index (χ2v) is 3.00. The minimum atomic E-state index is -1.06. The second kappa shape index (κ2) is 3.68. The van der Waals surface area contributed by atoms with Crippen LogP contribution in [0.1, 0.15) is 6.92 Å². The van der Waals surface area contributed by atoms with Crippen LogP contribution in [-0.4, -0.2) is 48.0 Å². The van der Waals surface area contributed by atoms with Gasteiger partial charge in [0.25, 0.3) is 0 Å². The molecule has 5 nitrogen and oxygen atoms in total. The van der Waals surface area contributed by atoms with Gasteiger partial charge in [0.1, 0.15) is 12.2 Å². The molecule has 4 N–H and O–H groups in total. The Morgan fingerprint density at radius 3 is 2.50 bits per heavy atom. The van der Waals surface area contributed by atoms with E-state index in [9.17, 15) is 10.2 Å². The largest absolute Gasteiger partial charge is 0.388 e. The Bertz CT molecular complexity index is 140. The minimum absolute atomic E-state index is 0.454. The third kappa shape index (κ3) is 1.60. The molecule has 5 heteroatoms. The first-order valence-corrected chi connectivity index (χ1v) is 3.88. The third-order valence-electron chi connectivity index (χ3n) is 2.15. The fourth-order valence-corrected chi connectivity index (χ4v) is 1.34. The number of methoxy groups -OCH3 is 1. The molecule has 0 amide bonds. The molecule has 0 aromatic heterocycles. The maximum atomic E-state index is 9.48. The number of nitrogens with two attached hydrogens (primary N) is 1. The van der Waals surface area contributed by atoms with Crippen LogP contribution in [0.5, 0.6) is 0 Å². The molecule has 5 atom stereocenters. The van der Waals surface area contributed by atoms with Gasteiger partial charge in [-0.05, 0) is 6.92 Å². The van der Waals surface area contributed by atoms with Crippen LogP contribution in [-0.2, 0) is 9.47 Å². The molecular formula is C7H15NO4. The Morgan fingerprint density at radius 1 is 1.42 bits per heavy atom. The quantitative estimate of drug-likeness (QED) is 0.450. The maximum absolute atomic E-state index is 9.48. The molecule has 1 saturated heterocycles. The first-order valence-electron chi connectivity index (χ1n) is 3.88. The van der Waals surface area contributed by atoms with Crippen LogP contribution in [0.4, 0.5) is 0 Å². The zero-order valence-electron chi connectivity index (χ0n) is 7.18. The number of aliphatic hydroxyl groups is 2. The minimum Gasteiger partial charge on any atom is -0.388 e. The summed E-state index contributed by atoms with van der Waals surface area (Å²) in [6.07, 6.45) is -2.87. The maximum Gasteiger partial charge on any atom is 0.172 e. The van der Waals surface area contributed by atoms with Gasteiger partial charge in [0.2, 0.25) is 0 Å². The predicted octanol–water partition coefficient (Wildman–Crippen LogP) is -1.57. The first-order chi connectivity index (χ1) is 5.57. The summed E-state index contributed by atoms with van der Waals surface area (Å²) in [4.78, 5) is 0. The highest BCUT2D eigenvalue weighted by Crippen LogP contribution is 2.19. The molecule has 0 radical (unpaired) electrons. The molecule has 0 unspecified atom stereocenters. The molecule has 0 spiro atoms. The normalized spacial score (nSPS) is 49.2. The molecule has 0 aromatic rings. The van der Waals surface area contributed by atoms with Crippen LogP contribution < -0.4 is 5.73 Å². The standard InChI is InChI=1S/C7H15NO4/c1-3-5(9)6(11-2)4(8)7(10)12-3/h3-7,9-10H,8H2,1-2H3/t3-,4-,5+,6-,7-/m1/s1. The highest BCUT2D eigenvalue weighted by atomic mass is 16.6. The number of aliphatic hydroxyl groups excluding tert-OH is 2. The molecule has 0 aliphatic carbocycles. The summed E-state index contributed by atoms with van der Waals surface area (Å²) >= 11 is 0. The van der Waals surface area contributed by atoms with Crippen molar-refractivity contribution in [3.63, 3.8) is 0 Å². The van der Waals surface area contributed by atoms with Crippen LogP contribution in [0.2, 0.25) is 0 Å². The Balaban J connectivity index is 2.67. The van der Waals surface area contributed by atoms with Crippen molar-refractivity contribution in [3.8, 4) is 0 Å². The Morgan fingerprint density at radius 2 is 2.00 bits per heavy atom. The van der Waals surface area contributed by atoms with E-state index in [0.717, 1.165) is 0 Å². The van der Waals surface area contributed by atoms with Gasteiger partial charge in [0, 0.05) is 7.11 Å². The Labute approximate surface area is 71.1 Å². The molecule has 0 bridgehead atoms. The lowest BCUT2D eigenvalue weighted by atomic mass is 9.98. The number of rotatable bonds is 1. The van der Waals surface area contributed by atoms with E-state index in [1.54, 1.807) is 6.92 Å². The Kier molecular flexibility index (Phi) is 3.03. The van der Waals surface area contributed by atoms with Crippen molar-refractivity contribution in [1.29, 1.82) is 0 Å². The number of hydrogen-bond acceptors (Lipinski definition) is 5. The van der Waals surface area contributed by atoms with Gasteiger partial charge in [0.05, 0.1) is 12.1 Å². The second-order valence-electron chi connectivity index (χ2n) is 3.00. The average Bonchev–Trinajstić information content (AvgIpc) is 2.02. The van der Waals surface area contributed by atoms with Crippen LogP contribution in [0.15, 0.2) is 0 Å². The van der Waals surface area contributed by atoms with Crippen molar-refractivity contribution in [2.45, 2.75) is 37.6 Å². The van der Waals surface area contributed by atoms with E-state index in [1.807, 2.05) is 0 Å². The van der Waals surface area contributed by atoms with Gasteiger partial charge >= 0.3 is 0 Å². The van der Waals surface area contributed by atoms with E-state index < -0.39 is 30.6 Å². The fourth-order valence-electron chi connectivity index (χ4n) is 1.34. The number of hydrogen-bond donors (Lipinski definition) is 3. The highest BCUT2D eigenvalue weighted by Gasteiger charge is 2.40. The summed E-state index contributed by atoms with van der Waals surface area (Å²) in [5.41, 5.74) is 5.53. The van der Waals surface area contributed by atoms with Gasteiger partial charge in [-0.1, -0.05) is 0 Å². The Hall–Kier alpha value is -0.200. The highest BCUT2D eigenvalue weighted by molar-refractivity contribution is 4.90. The van der Waals surface area contributed by atoms with E-state index in [1.165, 1.54) is 7.11 Å². The molecule has 1 aliphatic rings. The summed E-state index contributed by atoms with van der Waals surface area (Å²) in [6, 6.07) is -0.693. The monoisotopic (exact) mass is 177 g/mol. The van der Waals surface area contributed by atoms with Crippen LogP contribution in [0.3, 0.4) is 0 Å². The van der Waals surface area contributed by atoms with E-state index in [4.69, 9.17) is 15.2 Å². The summed E-state index contributed by atoms with van der Waals surface area (Å²) in [6.45, 7) is 1.66. The summed E-state index contributed by atoms with van der Waals surface area (Å²) < 4.78 is 9.88. The van der Waals surface area contributed by atoms with Gasteiger partial charge in [-0.3, -0.25) is 0 Å². The zero-order chi connectivity index (χ0) is 9.30. The molecular weight excluding hydrogens is 162 g/mol. The smallest absolute Gasteiger partial charge is 0.172 e. The van der Waals surface area contributed by atoms with Crippen molar-refractivity contribution < 1.29 is 19.7 Å². The summed E-state index contributed by atoms with van der Waals surface area (Å²) in [7, 11) is 1.44. The van der Waals surface area contributed by atoms with E-state index in [2.05, 4.69) is 0 Å². The predicted molar refractivity (Wildman–Crippen MR) is 41.3 cm³/mol. The third-order valence-corrected chi connectivity index (χ3v) is 2.15. The molecule has 1 aliphatic heterocycles. The van der Waals surface area contributed by atoms with Gasteiger partial charge < -0.3 is 25.4 Å². The molecule has 1 rings (SSSR count). The lowest BCUT2D eigenvalue weighted by Gasteiger charge is -2.39. The molecule has 0 aromatic carbocycles. The first kappa shape index (κ1) is 9.88. The van der Waals surface area contributed by atoms with Gasteiger partial charge in [0.15, 0.2) is 6.29 Å². The van der Waals surface area contributed by atoms with Crippen molar-refractivity contribution in [2.75, 3.05) is 7.11 Å². The van der Waals surface area contributed by atoms with Crippen molar-refractivity contribution in [2.24, 2.45) is 5.73 Å². The van der Waals surface area contributed by atoms with Crippen molar-refractivity contribution >= 4 is 0 Å². The zero-order valence-corrected chi connectivity index (χ0v) is 7.18. The summed E-state index contributed by atoms with van der Waals surface area (Å²) in [5.74, 6) is 0. The molecule has 12 heavy (non-hydrogen) atoms. The average molecular weight is 177 g/mol. The molecule has 72 valence electrons. The van der Waals surface area contributed by atoms with E-state index >= 15 is 0 Å². The molecule has 1 heterocycles. The SMILES string of the molecule is CO[C@@H]1[C@@H](N)[C@H](O)O[C@H](C)[C@@H]1O. The van der Waals surface area contributed by atoms with Gasteiger partial charge in [-0.15, -0.1) is 0 Å². The van der Waals surface area contributed by atoms with Crippen LogP contribution in [0, 0.1) is 0 Å².